The number of benzene rings is 2. The average molecular weight is 753 g/mol. The average Bonchev–Trinajstić information content (AvgIpc) is 3.44. The van der Waals surface area contributed by atoms with Gasteiger partial charge < -0.3 is 29.7 Å². The van der Waals surface area contributed by atoms with Crippen LogP contribution < -0.4 is 20.3 Å². The molecule has 3 fully saturated rings. The quantitative estimate of drug-likeness (QED) is 0.141. The predicted octanol–water partition coefficient (Wildman–Crippen LogP) is 5.92. The van der Waals surface area contributed by atoms with Crippen molar-refractivity contribution in [1.82, 2.24) is 4.90 Å². The summed E-state index contributed by atoms with van der Waals surface area (Å²) in [6.45, 7) is 3.87. The minimum atomic E-state index is -4.42. The van der Waals surface area contributed by atoms with Crippen LogP contribution in [0.4, 0.5) is 34.6 Å². The van der Waals surface area contributed by atoms with Gasteiger partial charge in [0.25, 0.3) is 0 Å². The van der Waals surface area contributed by atoms with E-state index in [2.05, 4.69) is 27.4 Å². The number of rotatable bonds is 11. The molecule has 0 bridgehead atoms. The molecule has 51 heavy (non-hydrogen) atoms. The largest absolute Gasteiger partial charge is 0.489 e. The van der Waals surface area contributed by atoms with E-state index in [9.17, 15) is 21.6 Å². The van der Waals surface area contributed by atoms with Gasteiger partial charge in [0.2, 0.25) is 0 Å². The van der Waals surface area contributed by atoms with Gasteiger partial charge in [-0.2, -0.15) is 13.2 Å². The van der Waals surface area contributed by atoms with Crippen LogP contribution in [0.25, 0.3) is 10.1 Å². The summed E-state index contributed by atoms with van der Waals surface area (Å²) in [5, 5.41) is 7.22. The smallest absolute Gasteiger partial charge is 0.393 e. The van der Waals surface area contributed by atoms with Crippen LogP contribution in [0.1, 0.15) is 36.1 Å². The summed E-state index contributed by atoms with van der Waals surface area (Å²) in [4.78, 5) is 4.52. The molecule has 9 nitrogen and oxygen atoms in total. The lowest BCUT2D eigenvalue weighted by molar-refractivity contribution is -0.126. The number of nitrogens with zero attached hydrogens (tertiary/aromatic N) is 2. The zero-order valence-corrected chi connectivity index (χ0v) is 30.3. The van der Waals surface area contributed by atoms with Crippen molar-refractivity contribution in [1.29, 1.82) is 0 Å². The number of sulfone groups is 1. The van der Waals surface area contributed by atoms with Crippen LogP contribution in [-0.2, 0) is 25.7 Å². The molecule has 0 atom stereocenters. The zero-order chi connectivity index (χ0) is 36.0. The lowest BCUT2D eigenvalue weighted by atomic mass is 9.90. The lowest BCUT2D eigenvalue weighted by Crippen LogP contribution is -2.48. The van der Waals surface area contributed by atoms with Gasteiger partial charge in [-0.3, -0.25) is 4.90 Å². The van der Waals surface area contributed by atoms with Gasteiger partial charge in [-0.15, -0.1) is 11.3 Å². The second-order valence-corrected chi connectivity index (χ2v) is 16.4. The van der Waals surface area contributed by atoms with E-state index in [-0.39, 0.29) is 36.3 Å². The number of anilines is 3. The number of nitrogens with one attached hydrogen (secondary N) is 2. The number of ether oxygens (including phenoxy) is 3. The van der Waals surface area contributed by atoms with Crippen LogP contribution in [0.3, 0.4) is 0 Å². The van der Waals surface area contributed by atoms with Crippen molar-refractivity contribution in [2.45, 2.75) is 50.4 Å². The summed E-state index contributed by atoms with van der Waals surface area (Å²) in [6.07, 6.45) is -1.90. The Bertz CT molecular complexity index is 1810. The Labute approximate surface area is 300 Å². The molecule has 3 aromatic rings. The maximum absolute atomic E-state index is 15.3. The van der Waals surface area contributed by atoms with Crippen molar-refractivity contribution in [2.75, 3.05) is 93.3 Å². The van der Waals surface area contributed by atoms with E-state index in [0.717, 1.165) is 36.1 Å². The van der Waals surface area contributed by atoms with Crippen molar-refractivity contribution in [3.63, 3.8) is 0 Å². The van der Waals surface area contributed by atoms with Crippen molar-refractivity contribution in [3.05, 3.63) is 46.6 Å². The molecule has 278 valence electrons. The van der Waals surface area contributed by atoms with Crippen LogP contribution >= 0.6 is 11.3 Å². The summed E-state index contributed by atoms with van der Waals surface area (Å²) in [6, 6.07) is 8.88. The Hall–Kier alpha value is -3.29. The van der Waals surface area contributed by atoms with E-state index in [1.165, 1.54) is 17.4 Å². The third-order valence-corrected chi connectivity index (χ3v) is 12.5. The molecule has 0 unspecified atom stereocenters. The third-order valence-electron chi connectivity index (χ3n) is 9.66. The first-order chi connectivity index (χ1) is 24.5. The lowest BCUT2D eigenvalue weighted by Gasteiger charge is -2.39. The maximum atomic E-state index is 15.3. The van der Waals surface area contributed by atoms with Gasteiger partial charge in [0.05, 0.1) is 70.9 Å². The first-order valence-corrected chi connectivity index (χ1v) is 20.0. The second-order valence-electron chi connectivity index (χ2n) is 13.1. The second kappa shape index (κ2) is 16.6. The molecular formula is C36H44F4N4O5S2. The van der Waals surface area contributed by atoms with Crippen molar-refractivity contribution in [3.8, 4) is 17.6 Å². The molecular weight excluding hydrogens is 709 g/mol. The number of morpholine rings is 1. The summed E-state index contributed by atoms with van der Waals surface area (Å²) in [5.41, 5.74) is 1.72. The minimum absolute atomic E-state index is 0.0496. The summed E-state index contributed by atoms with van der Waals surface area (Å²) in [7, 11) is -1.38. The number of hydrogen-bond donors (Lipinski definition) is 2. The van der Waals surface area contributed by atoms with E-state index in [1.807, 2.05) is 11.0 Å². The number of alkyl halides is 3. The Balaban J connectivity index is 1.17. The molecule has 15 heteroatoms. The van der Waals surface area contributed by atoms with Crippen LogP contribution in [0.5, 0.6) is 5.75 Å². The Kier molecular flexibility index (Phi) is 12.2. The topological polar surface area (TPSA) is 92.4 Å². The van der Waals surface area contributed by atoms with Gasteiger partial charge in [0.15, 0.2) is 9.84 Å². The first kappa shape index (κ1) is 37.5. The molecule has 0 amide bonds. The molecule has 1 saturated carbocycles. The first-order valence-electron chi connectivity index (χ1n) is 17.3. The highest BCUT2D eigenvalue weighted by Gasteiger charge is 2.33. The van der Waals surface area contributed by atoms with Crippen molar-refractivity contribution < 1.29 is 40.2 Å². The highest BCUT2D eigenvalue weighted by atomic mass is 32.2. The SMILES string of the molecule is COCCOc1cc(N2CCOCC2)c(F)cc1NCC#Cc1sc2c(NC3CCC(N4CCS(=O)(=O)CC4)CC3)cccc2c1CC(F)(F)F. The number of thiophene rings is 1. The van der Waals surface area contributed by atoms with E-state index in [0.29, 0.717) is 79.4 Å². The van der Waals surface area contributed by atoms with E-state index in [1.54, 1.807) is 25.3 Å². The Morgan fingerprint density at radius 2 is 1.76 bits per heavy atom. The fourth-order valence-corrected chi connectivity index (χ4v) is 9.40. The Morgan fingerprint density at radius 3 is 2.47 bits per heavy atom. The van der Waals surface area contributed by atoms with Gasteiger partial charge in [-0.1, -0.05) is 24.0 Å². The molecule has 1 aliphatic carbocycles. The van der Waals surface area contributed by atoms with E-state index in [4.69, 9.17) is 14.2 Å². The van der Waals surface area contributed by atoms with E-state index >= 15 is 4.39 Å². The summed E-state index contributed by atoms with van der Waals surface area (Å²) < 4.78 is 97.6. The summed E-state index contributed by atoms with van der Waals surface area (Å²) in [5.74, 6) is 6.34. The molecule has 3 heterocycles. The van der Waals surface area contributed by atoms with E-state index < -0.39 is 28.3 Å². The third kappa shape index (κ3) is 9.78. The maximum Gasteiger partial charge on any atom is 0.393 e. The standard InChI is InChI=1S/C36H44F4N4O5S2/c1-47-18-19-49-33-23-32(44-12-16-48-17-13-44)29(37)22-31(33)41-11-3-6-34-28(24-36(38,39)40)27-4-2-5-30(35(27)50-34)42-25-7-9-26(10-8-25)43-14-20-51(45,46)21-15-43/h2,4-5,22-23,25-26,41-42H,7-21,24H2,1H3. The van der Waals surface area contributed by atoms with Gasteiger partial charge in [0, 0.05) is 57.5 Å². The molecule has 2 saturated heterocycles. The van der Waals surface area contributed by atoms with Crippen LogP contribution in [0.2, 0.25) is 0 Å². The fourth-order valence-electron chi connectivity index (χ4n) is 7.00. The minimum Gasteiger partial charge on any atom is -0.489 e. The monoisotopic (exact) mass is 752 g/mol. The van der Waals surface area contributed by atoms with Crippen LogP contribution in [0.15, 0.2) is 30.3 Å². The molecule has 3 aliphatic rings. The zero-order valence-electron chi connectivity index (χ0n) is 28.6. The number of hydrogen-bond acceptors (Lipinski definition) is 10. The van der Waals surface area contributed by atoms with Gasteiger partial charge in [-0.25, -0.2) is 12.8 Å². The molecule has 0 spiro atoms. The Morgan fingerprint density at radius 1 is 1.02 bits per heavy atom. The highest BCUT2D eigenvalue weighted by Crippen LogP contribution is 2.40. The molecule has 1 aromatic heterocycles. The fraction of sp³-hybridized carbons (Fsp3) is 0.556. The molecule has 2 aliphatic heterocycles. The van der Waals surface area contributed by atoms with Crippen LogP contribution in [0, 0.1) is 17.7 Å². The number of fused-ring (bicyclic) bond motifs is 1. The predicted molar refractivity (Wildman–Crippen MR) is 194 cm³/mol. The number of halogens is 4. The number of methoxy groups -OCH3 is 1. The highest BCUT2D eigenvalue weighted by molar-refractivity contribution is 7.91. The normalized spacial score (nSPS) is 21.2. The van der Waals surface area contributed by atoms with Crippen LogP contribution in [-0.4, -0.2) is 109 Å². The summed E-state index contributed by atoms with van der Waals surface area (Å²) >= 11 is 1.24. The molecule has 2 N–H and O–H groups in total. The van der Waals surface area contributed by atoms with Crippen molar-refractivity contribution in [2.24, 2.45) is 0 Å². The molecule has 2 aromatic carbocycles. The molecule has 0 radical (unpaired) electrons. The van der Waals surface area contributed by atoms with Crippen molar-refractivity contribution >= 4 is 48.3 Å². The van der Waals surface area contributed by atoms with Gasteiger partial charge in [-0.05, 0) is 42.7 Å². The van der Waals surface area contributed by atoms with Gasteiger partial charge >= 0.3 is 6.18 Å². The van der Waals surface area contributed by atoms with Gasteiger partial charge in [0.1, 0.15) is 18.2 Å². The molecule has 6 rings (SSSR count).